The van der Waals surface area contributed by atoms with Gasteiger partial charge in [0.1, 0.15) is 23.4 Å². The molecule has 8 nitrogen and oxygen atoms in total. The molecule has 0 saturated heterocycles. The number of hydrogen-bond donors (Lipinski definition) is 3. The van der Waals surface area contributed by atoms with Crippen LogP contribution in [0, 0.1) is 20.8 Å². The summed E-state index contributed by atoms with van der Waals surface area (Å²) in [6.45, 7) is 14.3. The van der Waals surface area contributed by atoms with E-state index in [9.17, 15) is 19.5 Å². The van der Waals surface area contributed by atoms with Crippen molar-refractivity contribution in [1.29, 1.82) is 0 Å². The Kier molecular flexibility index (Phi) is 8.90. The number of ether oxygens (including phenoxy) is 1. The van der Waals surface area contributed by atoms with Crippen LogP contribution < -0.4 is 10.6 Å². The molecule has 0 bridgehead atoms. The Hall–Kier alpha value is -3.55. The number of aromatic hydroxyl groups is 1. The number of hydrogen-bond acceptors (Lipinski definition) is 5. The molecule has 0 aromatic heterocycles. The molecule has 3 amide bonds. The molecule has 2 unspecified atom stereocenters. The van der Waals surface area contributed by atoms with Crippen molar-refractivity contribution in [3.05, 3.63) is 58.7 Å². The van der Waals surface area contributed by atoms with Gasteiger partial charge in [-0.3, -0.25) is 9.59 Å². The Balaban J connectivity index is 2.43. The van der Waals surface area contributed by atoms with Crippen LogP contribution in [-0.2, 0) is 14.3 Å². The summed E-state index contributed by atoms with van der Waals surface area (Å²) in [6, 6.07) is 8.60. The number of nitrogens with zero attached hydrogens (tertiary/aromatic N) is 1. The quantitative estimate of drug-likeness (QED) is 0.526. The van der Waals surface area contributed by atoms with Crippen LogP contribution in [0.25, 0.3) is 0 Å². The molecule has 2 aromatic rings. The summed E-state index contributed by atoms with van der Waals surface area (Å²) in [4.78, 5) is 40.8. The van der Waals surface area contributed by atoms with E-state index in [1.807, 2.05) is 32.0 Å². The Morgan fingerprint density at radius 1 is 1.03 bits per heavy atom. The maximum absolute atomic E-state index is 13.7. The van der Waals surface area contributed by atoms with Crippen LogP contribution in [0.4, 0.5) is 10.5 Å². The van der Waals surface area contributed by atoms with Crippen molar-refractivity contribution >= 4 is 23.6 Å². The van der Waals surface area contributed by atoms with Gasteiger partial charge in [-0.1, -0.05) is 24.3 Å². The lowest BCUT2D eigenvalue weighted by atomic mass is 10.00. The first-order valence-corrected chi connectivity index (χ1v) is 11.7. The zero-order valence-electron chi connectivity index (χ0n) is 21.9. The van der Waals surface area contributed by atoms with E-state index in [2.05, 4.69) is 10.6 Å². The number of amides is 3. The molecule has 2 atom stereocenters. The van der Waals surface area contributed by atoms with E-state index in [1.54, 1.807) is 53.7 Å². The summed E-state index contributed by atoms with van der Waals surface area (Å²) < 4.78 is 5.27. The predicted molar refractivity (Wildman–Crippen MR) is 136 cm³/mol. The molecule has 190 valence electrons. The van der Waals surface area contributed by atoms with Gasteiger partial charge in [-0.15, -0.1) is 0 Å². The molecule has 0 fully saturated rings. The maximum Gasteiger partial charge on any atom is 0.408 e. The van der Waals surface area contributed by atoms with E-state index in [0.717, 1.165) is 11.1 Å². The minimum Gasteiger partial charge on any atom is -0.508 e. The molecule has 0 spiro atoms. The van der Waals surface area contributed by atoms with Gasteiger partial charge in [0.2, 0.25) is 5.91 Å². The second-order valence-electron chi connectivity index (χ2n) is 9.70. The lowest BCUT2D eigenvalue weighted by Crippen LogP contribution is -2.51. The molecule has 0 saturated carbocycles. The predicted octanol–water partition coefficient (Wildman–Crippen LogP) is 4.76. The van der Waals surface area contributed by atoms with Gasteiger partial charge >= 0.3 is 6.09 Å². The van der Waals surface area contributed by atoms with Crippen molar-refractivity contribution in [2.75, 3.05) is 11.9 Å². The zero-order chi connectivity index (χ0) is 26.5. The fraction of sp³-hybridized carbons (Fsp3) is 0.444. The summed E-state index contributed by atoms with van der Waals surface area (Å²) in [7, 11) is 0. The fourth-order valence-corrected chi connectivity index (χ4v) is 3.79. The Labute approximate surface area is 207 Å². The summed E-state index contributed by atoms with van der Waals surface area (Å²) in [6.07, 6.45) is -0.716. The number of nitrogens with one attached hydrogen (secondary N) is 2. The summed E-state index contributed by atoms with van der Waals surface area (Å²) in [5.41, 5.74) is 2.89. The SMILES string of the molecule is CCN(C(=O)C(C)NC(=O)OC(C)(C)C)C(C(=O)Nc1c(C)cccc1C)c1ccc(O)c(C)c1. The van der Waals surface area contributed by atoms with Crippen LogP contribution in [0.2, 0.25) is 0 Å². The number of phenolic OH excluding ortho intramolecular Hbond substituents is 1. The number of benzene rings is 2. The van der Waals surface area contributed by atoms with Crippen LogP contribution >= 0.6 is 0 Å². The van der Waals surface area contributed by atoms with Crippen molar-refractivity contribution in [3.63, 3.8) is 0 Å². The smallest absolute Gasteiger partial charge is 0.408 e. The van der Waals surface area contributed by atoms with Crippen molar-refractivity contribution in [3.8, 4) is 5.75 Å². The Bertz CT molecular complexity index is 1070. The lowest BCUT2D eigenvalue weighted by Gasteiger charge is -2.33. The van der Waals surface area contributed by atoms with Gasteiger partial charge in [0, 0.05) is 12.2 Å². The molecule has 3 N–H and O–H groups in total. The van der Waals surface area contributed by atoms with Crippen molar-refractivity contribution in [1.82, 2.24) is 10.2 Å². The zero-order valence-corrected chi connectivity index (χ0v) is 21.9. The molecular weight excluding hydrogens is 446 g/mol. The van der Waals surface area contributed by atoms with Crippen LogP contribution in [0.15, 0.2) is 36.4 Å². The molecule has 2 aromatic carbocycles. The number of anilines is 1. The fourth-order valence-electron chi connectivity index (χ4n) is 3.79. The topological polar surface area (TPSA) is 108 Å². The minimum atomic E-state index is -0.992. The highest BCUT2D eigenvalue weighted by atomic mass is 16.6. The molecule has 35 heavy (non-hydrogen) atoms. The average molecular weight is 484 g/mol. The molecule has 2 rings (SSSR count). The van der Waals surface area contributed by atoms with Gasteiger partial charge in [0.25, 0.3) is 5.91 Å². The summed E-state index contributed by atoms with van der Waals surface area (Å²) in [5.74, 6) is -0.741. The van der Waals surface area contributed by atoms with Gasteiger partial charge in [0.15, 0.2) is 0 Å². The number of carbonyl (C=O) groups excluding carboxylic acids is 3. The van der Waals surface area contributed by atoms with Gasteiger partial charge in [-0.2, -0.15) is 0 Å². The third kappa shape index (κ3) is 7.21. The van der Waals surface area contributed by atoms with Crippen LogP contribution in [-0.4, -0.2) is 46.1 Å². The minimum absolute atomic E-state index is 0.0944. The number of rotatable bonds is 7. The third-order valence-corrected chi connectivity index (χ3v) is 5.55. The first kappa shape index (κ1) is 27.7. The second-order valence-corrected chi connectivity index (χ2v) is 9.70. The highest BCUT2D eigenvalue weighted by Gasteiger charge is 2.34. The van der Waals surface area contributed by atoms with Crippen molar-refractivity contribution in [2.45, 2.75) is 73.1 Å². The molecule has 0 aliphatic rings. The largest absolute Gasteiger partial charge is 0.508 e. The second kappa shape index (κ2) is 11.3. The molecule has 0 aliphatic heterocycles. The Morgan fingerprint density at radius 3 is 2.14 bits per heavy atom. The highest BCUT2D eigenvalue weighted by Crippen LogP contribution is 2.29. The van der Waals surface area contributed by atoms with Crippen molar-refractivity contribution < 1.29 is 24.2 Å². The first-order valence-electron chi connectivity index (χ1n) is 11.7. The van der Waals surface area contributed by atoms with Gasteiger partial charge < -0.3 is 25.4 Å². The Morgan fingerprint density at radius 2 is 1.63 bits per heavy atom. The number of phenols is 1. The monoisotopic (exact) mass is 483 g/mol. The lowest BCUT2D eigenvalue weighted by molar-refractivity contribution is -0.140. The van der Waals surface area contributed by atoms with E-state index in [1.165, 1.54) is 11.0 Å². The van der Waals surface area contributed by atoms with Gasteiger partial charge in [-0.05, 0) is 89.8 Å². The van der Waals surface area contributed by atoms with E-state index in [-0.39, 0.29) is 12.3 Å². The third-order valence-electron chi connectivity index (χ3n) is 5.55. The summed E-state index contributed by atoms with van der Waals surface area (Å²) >= 11 is 0. The maximum atomic E-state index is 13.7. The van der Waals surface area contributed by atoms with Crippen molar-refractivity contribution in [2.24, 2.45) is 0 Å². The highest BCUT2D eigenvalue weighted by molar-refractivity contribution is 5.99. The molecule has 0 radical (unpaired) electrons. The van der Waals surface area contributed by atoms with E-state index in [4.69, 9.17) is 4.74 Å². The number of carbonyl (C=O) groups is 3. The van der Waals surface area contributed by atoms with E-state index >= 15 is 0 Å². The number of likely N-dealkylation sites (N-methyl/N-ethyl adjacent to an activating group) is 1. The van der Waals surface area contributed by atoms with E-state index < -0.39 is 35.6 Å². The van der Waals surface area contributed by atoms with Gasteiger partial charge in [-0.25, -0.2) is 4.79 Å². The van der Waals surface area contributed by atoms with Crippen LogP contribution in [0.5, 0.6) is 5.75 Å². The van der Waals surface area contributed by atoms with E-state index in [0.29, 0.717) is 16.8 Å². The number of para-hydroxylation sites is 1. The average Bonchev–Trinajstić information content (AvgIpc) is 2.74. The standard InChI is InChI=1S/C27H37N3O5/c1-9-30(25(33)19(5)28-26(34)35-27(6,7)8)23(20-13-14-21(31)18(4)15-20)24(32)29-22-16(2)11-10-12-17(22)3/h10-15,19,23,31H,9H2,1-8H3,(H,28,34)(H,29,32). The number of alkyl carbamates (subject to hydrolysis) is 1. The first-order chi connectivity index (χ1) is 16.2. The summed E-state index contributed by atoms with van der Waals surface area (Å²) in [5, 5.41) is 15.6. The molecule has 8 heteroatoms. The molecular formula is C27H37N3O5. The molecule has 0 heterocycles. The number of aryl methyl sites for hydroxylation is 3. The van der Waals surface area contributed by atoms with Gasteiger partial charge in [0.05, 0.1) is 0 Å². The van der Waals surface area contributed by atoms with Crippen LogP contribution in [0.1, 0.15) is 62.9 Å². The normalized spacial score (nSPS) is 12.9. The molecule has 0 aliphatic carbocycles. The van der Waals surface area contributed by atoms with Crippen LogP contribution in [0.3, 0.4) is 0 Å².